The van der Waals surface area contributed by atoms with E-state index in [1.807, 2.05) is 24.3 Å². The fourth-order valence-electron chi connectivity index (χ4n) is 4.32. The topological polar surface area (TPSA) is 55.6 Å². The van der Waals surface area contributed by atoms with Gasteiger partial charge in [0.25, 0.3) is 0 Å². The highest BCUT2D eigenvalue weighted by Crippen LogP contribution is 2.29. The number of amides is 1. The van der Waals surface area contributed by atoms with Crippen LogP contribution in [0.25, 0.3) is 0 Å². The van der Waals surface area contributed by atoms with E-state index in [1.165, 1.54) is 24.0 Å². The molecule has 27 heavy (non-hydrogen) atoms. The van der Waals surface area contributed by atoms with E-state index < -0.39 is 0 Å². The summed E-state index contributed by atoms with van der Waals surface area (Å²) in [5, 5.41) is 0. The van der Waals surface area contributed by atoms with Crippen LogP contribution in [0, 0.1) is 0 Å². The fraction of sp³-hybridized carbons (Fsp3) is 0.435. The molecule has 1 fully saturated rings. The SMILES string of the molecule is Nc1ccccc1CCC(=O)N(Cc1ccc2c(c1)CCO2)C1CCCC1. The third-order valence-electron chi connectivity index (χ3n) is 5.86. The van der Waals surface area contributed by atoms with Crippen LogP contribution in [-0.2, 0) is 24.2 Å². The molecular weight excluding hydrogens is 336 g/mol. The molecule has 2 aromatic rings. The molecule has 4 heteroatoms. The summed E-state index contributed by atoms with van der Waals surface area (Å²) in [6, 6.07) is 14.6. The molecule has 4 nitrogen and oxygen atoms in total. The molecule has 1 aliphatic heterocycles. The summed E-state index contributed by atoms with van der Waals surface area (Å²) in [4.78, 5) is 15.2. The second-order valence-electron chi connectivity index (χ2n) is 7.70. The smallest absolute Gasteiger partial charge is 0.223 e. The molecule has 1 amide bonds. The summed E-state index contributed by atoms with van der Waals surface area (Å²) in [5.74, 6) is 1.24. The van der Waals surface area contributed by atoms with Crippen LogP contribution in [0.15, 0.2) is 42.5 Å². The lowest BCUT2D eigenvalue weighted by Gasteiger charge is -2.29. The summed E-state index contributed by atoms with van der Waals surface area (Å²) >= 11 is 0. The maximum atomic E-state index is 13.1. The number of fused-ring (bicyclic) bond motifs is 1. The largest absolute Gasteiger partial charge is 0.493 e. The lowest BCUT2D eigenvalue weighted by Crippen LogP contribution is -2.38. The van der Waals surface area contributed by atoms with Gasteiger partial charge in [0.15, 0.2) is 0 Å². The van der Waals surface area contributed by atoms with Crippen molar-refractivity contribution in [3.8, 4) is 5.75 Å². The molecule has 1 saturated carbocycles. The standard InChI is InChI=1S/C23H28N2O2/c24-21-8-4-1-5-18(21)10-12-23(26)25(20-6-2-3-7-20)16-17-9-11-22-19(15-17)13-14-27-22/h1,4-5,8-9,11,15,20H,2-3,6-7,10,12-14,16,24H2. The van der Waals surface area contributed by atoms with Crippen molar-refractivity contribution in [2.45, 2.75) is 57.5 Å². The Morgan fingerprint density at radius 3 is 2.78 bits per heavy atom. The Balaban J connectivity index is 1.47. The molecule has 4 rings (SSSR count). The first-order chi connectivity index (χ1) is 13.2. The van der Waals surface area contributed by atoms with E-state index in [4.69, 9.17) is 10.5 Å². The van der Waals surface area contributed by atoms with E-state index in [0.29, 0.717) is 25.4 Å². The number of hydrogen-bond donors (Lipinski definition) is 1. The van der Waals surface area contributed by atoms with Crippen LogP contribution in [-0.4, -0.2) is 23.5 Å². The Kier molecular flexibility index (Phi) is 5.33. The average Bonchev–Trinajstić information content (AvgIpc) is 3.36. The number of aryl methyl sites for hydroxylation is 1. The zero-order valence-electron chi connectivity index (χ0n) is 15.8. The quantitative estimate of drug-likeness (QED) is 0.785. The molecule has 2 N–H and O–H groups in total. The average molecular weight is 364 g/mol. The number of ether oxygens (including phenoxy) is 1. The lowest BCUT2D eigenvalue weighted by atomic mass is 10.0. The van der Waals surface area contributed by atoms with Crippen molar-refractivity contribution < 1.29 is 9.53 Å². The van der Waals surface area contributed by atoms with Crippen molar-refractivity contribution >= 4 is 11.6 Å². The normalized spacial score (nSPS) is 16.1. The molecule has 1 heterocycles. The van der Waals surface area contributed by atoms with E-state index in [2.05, 4.69) is 23.1 Å². The number of carbonyl (C=O) groups is 1. The molecule has 0 atom stereocenters. The summed E-state index contributed by atoms with van der Waals surface area (Å²) in [5.41, 5.74) is 10.4. The first-order valence-corrected chi connectivity index (χ1v) is 10.1. The predicted molar refractivity (Wildman–Crippen MR) is 108 cm³/mol. The number of anilines is 1. The van der Waals surface area contributed by atoms with Gasteiger partial charge in [-0.2, -0.15) is 0 Å². The van der Waals surface area contributed by atoms with E-state index in [1.54, 1.807) is 0 Å². The second kappa shape index (κ2) is 8.03. The highest BCUT2D eigenvalue weighted by molar-refractivity contribution is 5.77. The molecule has 0 aromatic heterocycles. The highest BCUT2D eigenvalue weighted by Gasteiger charge is 2.27. The minimum Gasteiger partial charge on any atom is -0.493 e. The minimum absolute atomic E-state index is 0.238. The van der Waals surface area contributed by atoms with Crippen LogP contribution < -0.4 is 10.5 Å². The first-order valence-electron chi connectivity index (χ1n) is 10.1. The number of para-hydroxylation sites is 1. The monoisotopic (exact) mass is 364 g/mol. The number of nitrogen functional groups attached to an aromatic ring is 1. The maximum absolute atomic E-state index is 13.1. The molecule has 142 valence electrons. The molecule has 1 aliphatic carbocycles. The van der Waals surface area contributed by atoms with Crippen LogP contribution in [0.5, 0.6) is 5.75 Å². The fourth-order valence-corrected chi connectivity index (χ4v) is 4.32. The van der Waals surface area contributed by atoms with E-state index in [9.17, 15) is 4.79 Å². The Labute approximate surface area is 161 Å². The van der Waals surface area contributed by atoms with Gasteiger partial charge in [-0.1, -0.05) is 43.2 Å². The molecule has 0 radical (unpaired) electrons. The van der Waals surface area contributed by atoms with Crippen molar-refractivity contribution in [2.24, 2.45) is 0 Å². The lowest BCUT2D eigenvalue weighted by molar-refractivity contribution is -0.134. The Morgan fingerprint density at radius 1 is 1.15 bits per heavy atom. The van der Waals surface area contributed by atoms with Crippen molar-refractivity contribution in [3.05, 3.63) is 59.2 Å². The van der Waals surface area contributed by atoms with Crippen molar-refractivity contribution in [3.63, 3.8) is 0 Å². The Morgan fingerprint density at radius 2 is 1.96 bits per heavy atom. The highest BCUT2D eigenvalue weighted by atomic mass is 16.5. The maximum Gasteiger partial charge on any atom is 0.223 e. The van der Waals surface area contributed by atoms with Gasteiger partial charge in [-0.15, -0.1) is 0 Å². The van der Waals surface area contributed by atoms with Crippen LogP contribution >= 0.6 is 0 Å². The Hall–Kier alpha value is -2.49. The van der Waals surface area contributed by atoms with E-state index >= 15 is 0 Å². The number of nitrogens with zero attached hydrogens (tertiary/aromatic N) is 1. The summed E-state index contributed by atoms with van der Waals surface area (Å²) < 4.78 is 5.61. The van der Waals surface area contributed by atoms with Crippen molar-refractivity contribution in [1.29, 1.82) is 0 Å². The van der Waals surface area contributed by atoms with Crippen molar-refractivity contribution in [1.82, 2.24) is 4.90 Å². The van der Waals surface area contributed by atoms with Gasteiger partial charge < -0.3 is 15.4 Å². The molecule has 0 unspecified atom stereocenters. The summed E-state index contributed by atoms with van der Waals surface area (Å²) in [6.07, 6.45) is 6.86. The van der Waals surface area contributed by atoms with Gasteiger partial charge in [-0.25, -0.2) is 0 Å². The number of rotatable bonds is 6. The van der Waals surface area contributed by atoms with Gasteiger partial charge in [0, 0.05) is 31.1 Å². The molecule has 0 bridgehead atoms. The molecule has 0 spiro atoms. The van der Waals surface area contributed by atoms with Gasteiger partial charge in [0.05, 0.1) is 6.61 Å². The zero-order chi connectivity index (χ0) is 18.6. The van der Waals surface area contributed by atoms with Crippen LogP contribution in [0.1, 0.15) is 48.8 Å². The van der Waals surface area contributed by atoms with Crippen LogP contribution in [0.3, 0.4) is 0 Å². The number of carbonyl (C=O) groups excluding carboxylic acids is 1. The van der Waals surface area contributed by atoms with E-state index in [0.717, 1.165) is 42.9 Å². The van der Waals surface area contributed by atoms with Gasteiger partial charge in [-0.05, 0) is 48.1 Å². The summed E-state index contributed by atoms with van der Waals surface area (Å²) in [6.45, 7) is 1.46. The van der Waals surface area contributed by atoms with Gasteiger partial charge in [0.2, 0.25) is 5.91 Å². The van der Waals surface area contributed by atoms with Crippen LogP contribution in [0.4, 0.5) is 5.69 Å². The number of nitrogens with two attached hydrogens (primary N) is 1. The third kappa shape index (κ3) is 4.10. The molecule has 2 aliphatic rings. The van der Waals surface area contributed by atoms with Gasteiger partial charge in [0.1, 0.15) is 5.75 Å². The summed E-state index contributed by atoms with van der Waals surface area (Å²) in [7, 11) is 0. The van der Waals surface area contributed by atoms with Crippen molar-refractivity contribution in [2.75, 3.05) is 12.3 Å². The van der Waals surface area contributed by atoms with Gasteiger partial charge in [-0.3, -0.25) is 4.79 Å². The first kappa shape index (κ1) is 17.9. The van der Waals surface area contributed by atoms with Gasteiger partial charge >= 0.3 is 0 Å². The molecule has 0 saturated heterocycles. The molecule has 2 aromatic carbocycles. The Bertz CT molecular complexity index is 812. The number of hydrogen-bond acceptors (Lipinski definition) is 3. The van der Waals surface area contributed by atoms with Crippen LogP contribution in [0.2, 0.25) is 0 Å². The predicted octanol–water partition coefficient (Wildman–Crippen LogP) is 4.11. The number of benzene rings is 2. The third-order valence-corrected chi connectivity index (χ3v) is 5.86. The molecular formula is C23H28N2O2. The minimum atomic E-state index is 0.238. The van der Waals surface area contributed by atoms with E-state index in [-0.39, 0.29) is 5.91 Å². The second-order valence-corrected chi connectivity index (χ2v) is 7.70. The zero-order valence-corrected chi connectivity index (χ0v) is 15.8.